The van der Waals surface area contributed by atoms with Crippen LogP contribution in [0.3, 0.4) is 0 Å². The number of hydrogen-bond acceptors (Lipinski definition) is 7. The van der Waals surface area contributed by atoms with Crippen LogP contribution >= 0.6 is 11.3 Å². The molecule has 0 spiro atoms. The van der Waals surface area contributed by atoms with Gasteiger partial charge in [-0.15, -0.1) is 0 Å². The van der Waals surface area contributed by atoms with Crippen molar-refractivity contribution in [2.75, 3.05) is 31.1 Å². The van der Waals surface area contributed by atoms with Crippen molar-refractivity contribution in [3.05, 3.63) is 51.5 Å². The zero-order valence-corrected chi connectivity index (χ0v) is 15.8. The fourth-order valence-corrected chi connectivity index (χ4v) is 4.31. The van der Waals surface area contributed by atoms with Crippen LogP contribution in [0.15, 0.2) is 28.7 Å². The minimum atomic E-state index is -0.400. The molecule has 2 aromatic heterocycles. The molecular weight excluding hydrogens is 368 g/mol. The minimum absolute atomic E-state index is 0.0103. The van der Waals surface area contributed by atoms with Crippen LogP contribution in [0.25, 0.3) is 10.2 Å². The second-order valence-corrected chi connectivity index (χ2v) is 7.52. The number of nitrogens with zero attached hydrogens (tertiary/aromatic N) is 4. The third-order valence-corrected chi connectivity index (χ3v) is 5.76. The van der Waals surface area contributed by atoms with Crippen LogP contribution in [0.4, 0.5) is 10.8 Å². The normalized spacial score (nSPS) is 14.7. The predicted octanol–water partition coefficient (Wildman–Crippen LogP) is 3.38. The Hall–Kier alpha value is -2.94. The quantitative estimate of drug-likeness (QED) is 0.506. The third-order valence-electron chi connectivity index (χ3n) is 4.68. The topological polar surface area (TPSA) is 92.7 Å². The molecule has 1 aliphatic heterocycles. The molecule has 1 fully saturated rings. The van der Waals surface area contributed by atoms with E-state index >= 15 is 0 Å². The number of fused-ring (bicyclic) bond motifs is 1. The van der Waals surface area contributed by atoms with Crippen molar-refractivity contribution in [3.8, 4) is 0 Å². The van der Waals surface area contributed by atoms with E-state index in [2.05, 4.69) is 9.88 Å². The summed E-state index contributed by atoms with van der Waals surface area (Å²) >= 11 is 1.44. The maximum absolute atomic E-state index is 12.7. The minimum Gasteiger partial charge on any atom is -0.466 e. The highest BCUT2D eigenvalue weighted by Gasteiger charge is 2.26. The number of carbonyl (C=O) groups excluding carboxylic acids is 1. The lowest BCUT2D eigenvalue weighted by Gasteiger charge is -2.34. The Kier molecular flexibility index (Phi) is 4.31. The fraction of sp³-hybridized carbons (Fsp3) is 0.333. The number of nitro benzene ring substituents is 1. The number of anilines is 1. The van der Waals surface area contributed by atoms with E-state index in [9.17, 15) is 14.9 Å². The predicted molar refractivity (Wildman–Crippen MR) is 103 cm³/mol. The number of piperazine rings is 1. The standard InChI is InChI=1S/C18H18N4O4S/c1-11-9-14(12(2)26-11)17(23)20-5-7-21(8-6-20)18-19-15-4-3-13(22(24)25)10-16(15)27-18/h3-4,9-10H,5-8H2,1-2H3. The first kappa shape index (κ1) is 17.5. The van der Waals surface area contributed by atoms with Gasteiger partial charge in [-0.05, 0) is 26.0 Å². The van der Waals surface area contributed by atoms with Crippen LogP contribution in [-0.4, -0.2) is 46.9 Å². The highest BCUT2D eigenvalue weighted by molar-refractivity contribution is 7.22. The first-order valence-corrected chi connectivity index (χ1v) is 9.40. The Bertz CT molecular complexity index is 1030. The van der Waals surface area contributed by atoms with Crippen molar-refractivity contribution in [2.45, 2.75) is 13.8 Å². The van der Waals surface area contributed by atoms with Gasteiger partial charge in [0.2, 0.25) is 0 Å². The summed E-state index contributed by atoms with van der Waals surface area (Å²) in [4.78, 5) is 31.8. The van der Waals surface area contributed by atoms with Crippen molar-refractivity contribution in [2.24, 2.45) is 0 Å². The summed E-state index contributed by atoms with van der Waals surface area (Å²) < 4.78 is 6.26. The maximum Gasteiger partial charge on any atom is 0.270 e. The van der Waals surface area contributed by atoms with Crippen LogP contribution in [0.1, 0.15) is 21.9 Å². The van der Waals surface area contributed by atoms with Gasteiger partial charge in [0.25, 0.3) is 11.6 Å². The summed E-state index contributed by atoms with van der Waals surface area (Å²) in [6.07, 6.45) is 0. The lowest BCUT2D eigenvalue weighted by atomic mass is 10.2. The molecule has 0 unspecified atom stereocenters. The highest BCUT2D eigenvalue weighted by Crippen LogP contribution is 2.32. The number of nitro groups is 1. The third kappa shape index (κ3) is 3.25. The molecule has 1 aromatic carbocycles. The summed E-state index contributed by atoms with van der Waals surface area (Å²) in [5.74, 6) is 1.37. The fourth-order valence-electron chi connectivity index (χ4n) is 3.26. The van der Waals surface area contributed by atoms with E-state index in [4.69, 9.17) is 4.42 Å². The number of rotatable bonds is 3. The molecule has 0 atom stereocenters. The van der Waals surface area contributed by atoms with Gasteiger partial charge in [0.15, 0.2) is 5.13 Å². The molecule has 1 aliphatic rings. The number of benzene rings is 1. The summed E-state index contributed by atoms with van der Waals surface area (Å²) in [6, 6.07) is 6.49. The number of carbonyl (C=O) groups is 1. The summed E-state index contributed by atoms with van der Waals surface area (Å²) in [6.45, 7) is 6.17. The molecule has 3 aromatic rings. The van der Waals surface area contributed by atoms with Gasteiger partial charge in [-0.1, -0.05) is 11.3 Å². The molecule has 9 heteroatoms. The van der Waals surface area contributed by atoms with Crippen molar-refractivity contribution < 1.29 is 14.1 Å². The Labute approximate surface area is 159 Å². The number of thiazole rings is 1. The lowest BCUT2D eigenvalue weighted by Crippen LogP contribution is -2.48. The van der Waals surface area contributed by atoms with Crippen molar-refractivity contribution in [1.82, 2.24) is 9.88 Å². The largest absolute Gasteiger partial charge is 0.466 e. The van der Waals surface area contributed by atoms with Gasteiger partial charge in [0, 0.05) is 38.3 Å². The van der Waals surface area contributed by atoms with Crippen molar-refractivity contribution >= 4 is 38.3 Å². The Morgan fingerprint density at radius 2 is 1.96 bits per heavy atom. The second kappa shape index (κ2) is 6.66. The molecule has 3 heterocycles. The van der Waals surface area contributed by atoms with Crippen LogP contribution in [0.2, 0.25) is 0 Å². The lowest BCUT2D eigenvalue weighted by molar-refractivity contribution is -0.384. The monoisotopic (exact) mass is 386 g/mol. The van der Waals surface area contributed by atoms with Gasteiger partial charge >= 0.3 is 0 Å². The molecule has 1 amide bonds. The van der Waals surface area contributed by atoms with Gasteiger partial charge in [-0.3, -0.25) is 14.9 Å². The van der Waals surface area contributed by atoms with E-state index in [-0.39, 0.29) is 11.6 Å². The molecule has 0 aliphatic carbocycles. The van der Waals surface area contributed by atoms with Crippen LogP contribution < -0.4 is 4.90 Å². The second-order valence-electron chi connectivity index (χ2n) is 6.51. The van der Waals surface area contributed by atoms with Crippen LogP contribution in [0, 0.1) is 24.0 Å². The number of hydrogen-bond donors (Lipinski definition) is 0. The average molecular weight is 386 g/mol. The molecule has 0 N–H and O–H groups in total. The molecule has 1 saturated heterocycles. The molecule has 8 nitrogen and oxygen atoms in total. The Morgan fingerprint density at radius 1 is 1.22 bits per heavy atom. The van der Waals surface area contributed by atoms with Crippen molar-refractivity contribution in [1.29, 1.82) is 0 Å². The highest BCUT2D eigenvalue weighted by atomic mass is 32.1. The molecule has 0 radical (unpaired) electrons. The van der Waals surface area contributed by atoms with Gasteiger partial charge in [0.1, 0.15) is 11.5 Å². The number of non-ortho nitro benzene ring substituents is 1. The smallest absolute Gasteiger partial charge is 0.270 e. The van der Waals surface area contributed by atoms with E-state index in [1.165, 1.54) is 17.4 Å². The van der Waals surface area contributed by atoms with E-state index in [0.29, 0.717) is 37.5 Å². The molecule has 4 rings (SSSR count). The van der Waals surface area contributed by atoms with E-state index in [0.717, 1.165) is 21.1 Å². The van der Waals surface area contributed by atoms with Gasteiger partial charge in [-0.25, -0.2) is 4.98 Å². The van der Waals surface area contributed by atoms with Crippen molar-refractivity contribution in [3.63, 3.8) is 0 Å². The first-order valence-electron chi connectivity index (χ1n) is 8.58. The molecule has 27 heavy (non-hydrogen) atoms. The van der Waals surface area contributed by atoms with Crippen LogP contribution in [0.5, 0.6) is 0 Å². The summed E-state index contributed by atoms with van der Waals surface area (Å²) in [7, 11) is 0. The Morgan fingerprint density at radius 3 is 2.59 bits per heavy atom. The van der Waals surface area contributed by atoms with E-state index in [1.807, 2.05) is 11.8 Å². The zero-order chi connectivity index (χ0) is 19.1. The number of amides is 1. The summed E-state index contributed by atoms with van der Waals surface area (Å²) in [5, 5.41) is 11.8. The maximum atomic E-state index is 12.7. The van der Waals surface area contributed by atoms with Gasteiger partial charge < -0.3 is 14.2 Å². The zero-order valence-electron chi connectivity index (χ0n) is 15.0. The van der Waals surface area contributed by atoms with Gasteiger partial charge in [0.05, 0.1) is 20.7 Å². The number of aryl methyl sites for hydroxylation is 2. The van der Waals surface area contributed by atoms with E-state index in [1.54, 1.807) is 25.1 Å². The molecule has 0 bridgehead atoms. The van der Waals surface area contributed by atoms with Gasteiger partial charge in [-0.2, -0.15) is 0 Å². The number of aromatic nitrogens is 1. The molecule has 140 valence electrons. The Balaban J connectivity index is 1.47. The number of furan rings is 1. The average Bonchev–Trinajstić information content (AvgIpc) is 3.23. The first-order chi connectivity index (χ1) is 12.9. The molecular formula is C18H18N4O4S. The van der Waals surface area contributed by atoms with Crippen LogP contribution in [-0.2, 0) is 0 Å². The molecule has 0 saturated carbocycles. The van der Waals surface area contributed by atoms with E-state index < -0.39 is 4.92 Å². The SMILES string of the molecule is Cc1cc(C(=O)N2CCN(c3nc4ccc([N+](=O)[O-])cc4s3)CC2)c(C)o1. The summed E-state index contributed by atoms with van der Waals surface area (Å²) in [5.41, 5.74) is 1.44.